The van der Waals surface area contributed by atoms with Crippen molar-refractivity contribution < 1.29 is 31.1 Å². The second-order valence-electron chi connectivity index (χ2n) is 6.66. The van der Waals surface area contributed by atoms with Crippen molar-refractivity contribution in [2.45, 2.75) is 18.9 Å². The summed E-state index contributed by atoms with van der Waals surface area (Å²) < 4.78 is 79.4. The van der Waals surface area contributed by atoms with E-state index in [1.54, 1.807) is 25.1 Å². The molecule has 170 valence electrons. The summed E-state index contributed by atoms with van der Waals surface area (Å²) in [4.78, 5) is 26.2. The van der Waals surface area contributed by atoms with Crippen LogP contribution in [0.3, 0.4) is 0 Å². The van der Waals surface area contributed by atoms with E-state index in [0.717, 1.165) is 0 Å². The highest BCUT2D eigenvalue weighted by Crippen LogP contribution is 2.36. The summed E-state index contributed by atoms with van der Waals surface area (Å²) in [6, 6.07) is 2.20. The van der Waals surface area contributed by atoms with Gasteiger partial charge in [-0.2, -0.15) is 36.0 Å². The Hall–Kier alpha value is -3.71. The van der Waals surface area contributed by atoms with E-state index in [1.165, 1.54) is 17.1 Å². The van der Waals surface area contributed by atoms with E-state index in [9.17, 15) is 31.1 Å². The van der Waals surface area contributed by atoms with Gasteiger partial charge in [0, 0.05) is 32.1 Å². The monoisotopic (exact) mass is 459 g/mol. The van der Waals surface area contributed by atoms with E-state index in [1.807, 2.05) is 0 Å². The van der Waals surface area contributed by atoms with Crippen molar-refractivity contribution in [1.29, 1.82) is 0 Å². The molecule has 0 unspecified atom stereocenters. The molecule has 1 aromatic carbocycles. The van der Waals surface area contributed by atoms with E-state index in [2.05, 4.69) is 25.4 Å². The molecule has 0 spiro atoms. The molecule has 0 atom stereocenters. The van der Waals surface area contributed by atoms with E-state index in [0.29, 0.717) is 12.1 Å². The van der Waals surface area contributed by atoms with Crippen LogP contribution in [0.1, 0.15) is 27.3 Å². The highest BCUT2D eigenvalue weighted by atomic mass is 19.4. The average molecular weight is 459 g/mol. The van der Waals surface area contributed by atoms with E-state index in [4.69, 9.17) is 0 Å². The zero-order valence-electron chi connectivity index (χ0n) is 16.5. The molecule has 0 aliphatic rings. The van der Waals surface area contributed by atoms with Gasteiger partial charge in [0.25, 0.3) is 11.9 Å². The summed E-state index contributed by atoms with van der Waals surface area (Å²) in [6.07, 6.45) is -7.27. The third kappa shape index (κ3) is 5.12. The second kappa shape index (κ2) is 8.43. The summed E-state index contributed by atoms with van der Waals surface area (Å²) in [7, 11) is 3.30. The van der Waals surface area contributed by atoms with Crippen molar-refractivity contribution in [1.82, 2.24) is 30.0 Å². The van der Waals surface area contributed by atoms with Crippen LogP contribution in [-0.4, -0.2) is 44.7 Å². The van der Waals surface area contributed by atoms with Crippen LogP contribution in [0.25, 0.3) is 5.95 Å². The van der Waals surface area contributed by atoms with Crippen LogP contribution < -0.4 is 10.2 Å². The van der Waals surface area contributed by atoms with Gasteiger partial charge in [-0.15, -0.1) is 5.10 Å². The van der Waals surface area contributed by atoms with Crippen LogP contribution in [0.15, 0.2) is 36.7 Å². The molecule has 8 nitrogen and oxygen atoms in total. The number of carbonyl (C=O) groups is 1. The molecule has 1 amide bonds. The van der Waals surface area contributed by atoms with Crippen LogP contribution in [0, 0.1) is 0 Å². The fourth-order valence-electron chi connectivity index (χ4n) is 2.54. The molecule has 0 aliphatic carbocycles. The predicted molar refractivity (Wildman–Crippen MR) is 98.9 cm³/mol. The maximum absolute atomic E-state index is 13.0. The molecule has 0 saturated heterocycles. The zero-order valence-corrected chi connectivity index (χ0v) is 16.5. The van der Waals surface area contributed by atoms with Crippen LogP contribution >= 0.6 is 0 Å². The number of hydrogen-bond acceptors (Lipinski definition) is 6. The van der Waals surface area contributed by atoms with Gasteiger partial charge < -0.3 is 10.2 Å². The smallest absolute Gasteiger partial charge is 0.346 e. The van der Waals surface area contributed by atoms with Crippen molar-refractivity contribution in [3.05, 3.63) is 59.2 Å². The first kappa shape index (κ1) is 23.0. The minimum atomic E-state index is -5.07. The van der Waals surface area contributed by atoms with Crippen molar-refractivity contribution in [3.8, 4) is 5.95 Å². The van der Waals surface area contributed by atoms with Gasteiger partial charge in [0.1, 0.15) is 0 Å². The lowest BCUT2D eigenvalue weighted by Crippen LogP contribution is -2.26. The molecule has 0 aliphatic heterocycles. The standard InChI is InChI=1S/C18H15F6N7O/c1-30(2)16-28-13(31(29-16)15-25-4-3-5-26-15)9-27-14(32)10-6-11(17(19,20)21)8-12(7-10)18(22,23)24/h3-8H,9H2,1-2H3,(H,27,32). The molecule has 2 aromatic heterocycles. The van der Waals surface area contributed by atoms with Crippen LogP contribution in [-0.2, 0) is 18.9 Å². The van der Waals surface area contributed by atoms with Gasteiger partial charge >= 0.3 is 12.4 Å². The number of amides is 1. The lowest BCUT2D eigenvalue weighted by atomic mass is 10.0. The number of hydrogen-bond donors (Lipinski definition) is 1. The fourth-order valence-corrected chi connectivity index (χ4v) is 2.54. The number of benzene rings is 1. The van der Waals surface area contributed by atoms with Crippen molar-refractivity contribution in [2.24, 2.45) is 0 Å². The molecule has 0 bridgehead atoms. The lowest BCUT2D eigenvalue weighted by Gasteiger charge is -2.14. The Morgan fingerprint density at radius 3 is 2.06 bits per heavy atom. The van der Waals surface area contributed by atoms with E-state index in [-0.39, 0.29) is 30.3 Å². The molecule has 1 N–H and O–H groups in total. The molecular formula is C18H15F6N7O. The molecular weight excluding hydrogens is 444 g/mol. The fraction of sp³-hybridized carbons (Fsp3) is 0.278. The molecule has 14 heteroatoms. The normalized spacial score (nSPS) is 12.0. The van der Waals surface area contributed by atoms with E-state index < -0.39 is 35.0 Å². The predicted octanol–water partition coefficient (Wildman–Crippen LogP) is 3.09. The minimum Gasteiger partial charge on any atom is -0.346 e. The van der Waals surface area contributed by atoms with Gasteiger partial charge in [0.05, 0.1) is 17.7 Å². The third-order valence-corrected chi connectivity index (χ3v) is 4.06. The Balaban J connectivity index is 1.91. The number of rotatable bonds is 5. The maximum Gasteiger partial charge on any atom is 0.416 e. The zero-order chi connectivity index (χ0) is 23.7. The van der Waals surface area contributed by atoms with Crippen molar-refractivity contribution >= 4 is 11.9 Å². The molecule has 0 radical (unpaired) electrons. The second-order valence-corrected chi connectivity index (χ2v) is 6.66. The Morgan fingerprint density at radius 1 is 1.00 bits per heavy atom. The van der Waals surface area contributed by atoms with Crippen molar-refractivity contribution in [3.63, 3.8) is 0 Å². The number of aromatic nitrogens is 5. The lowest BCUT2D eigenvalue weighted by molar-refractivity contribution is -0.143. The number of carbonyl (C=O) groups excluding carboxylic acids is 1. The van der Waals surface area contributed by atoms with Gasteiger partial charge in [-0.25, -0.2) is 9.97 Å². The minimum absolute atomic E-state index is 0.0521. The number of nitrogens with zero attached hydrogens (tertiary/aromatic N) is 6. The van der Waals surface area contributed by atoms with Gasteiger partial charge in [-0.1, -0.05) is 0 Å². The first-order chi connectivity index (χ1) is 14.9. The largest absolute Gasteiger partial charge is 0.416 e. The van der Waals surface area contributed by atoms with Crippen LogP contribution in [0.2, 0.25) is 0 Å². The molecule has 32 heavy (non-hydrogen) atoms. The average Bonchev–Trinajstić information content (AvgIpc) is 3.15. The summed E-state index contributed by atoms with van der Waals surface area (Å²) in [6.45, 7) is -0.366. The number of alkyl halides is 6. The highest BCUT2D eigenvalue weighted by Gasteiger charge is 2.37. The SMILES string of the molecule is CN(C)c1nc(CNC(=O)c2cc(C(F)(F)F)cc(C(F)(F)F)c2)n(-c2ncccn2)n1. The Bertz CT molecular complexity index is 1080. The first-order valence-electron chi connectivity index (χ1n) is 8.84. The molecule has 3 aromatic rings. The summed E-state index contributed by atoms with van der Waals surface area (Å²) in [5.41, 5.74) is -3.98. The van der Waals surface area contributed by atoms with Gasteiger partial charge in [-0.05, 0) is 24.3 Å². The van der Waals surface area contributed by atoms with Gasteiger partial charge in [0.2, 0.25) is 5.95 Å². The van der Waals surface area contributed by atoms with Crippen LogP contribution in [0.4, 0.5) is 32.3 Å². The summed E-state index contributed by atoms with van der Waals surface area (Å²) >= 11 is 0. The molecule has 0 saturated carbocycles. The van der Waals surface area contributed by atoms with Crippen molar-refractivity contribution in [2.75, 3.05) is 19.0 Å². The highest BCUT2D eigenvalue weighted by molar-refractivity contribution is 5.94. The number of anilines is 1. The molecule has 2 heterocycles. The summed E-state index contributed by atoms with van der Waals surface area (Å²) in [5.74, 6) is -0.719. The van der Waals surface area contributed by atoms with Gasteiger partial charge in [0.15, 0.2) is 5.82 Å². The summed E-state index contributed by atoms with van der Waals surface area (Å²) in [5, 5.41) is 6.45. The first-order valence-corrected chi connectivity index (χ1v) is 8.84. The Labute approximate surface area is 176 Å². The number of halogens is 6. The maximum atomic E-state index is 13.0. The van der Waals surface area contributed by atoms with Crippen LogP contribution in [0.5, 0.6) is 0 Å². The van der Waals surface area contributed by atoms with Gasteiger partial charge in [-0.3, -0.25) is 4.79 Å². The topological polar surface area (TPSA) is 88.8 Å². The third-order valence-electron chi connectivity index (χ3n) is 4.06. The van der Waals surface area contributed by atoms with E-state index >= 15 is 0 Å². The Kier molecular flexibility index (Phi) is 6.05. The quantitative estimate of drug-likeness (QED) is 0.590. The Morgan fingerprint density at radius 2 is 1.56 bits per heavy atom. The molecule has 0 fully saturated rings. The molecule has 3 rings (SSSR count). The number of nitrogens with one attached hydrogen (secondary N) is 1.